The van der Waals surface area contributed by atoms with E-state index < -0.39 is 15.6 Å². The van der Waals surface area contributed by atoms with Gasteiger partial charge in [0.1, 0.15) is 0 Å². The van der Waals surface area contributed by atoms with Crippen molar-refractivity contribution in [3.8, 4) is 0 Å². The Morgan fingerprint density at radius 2 is 1.08 bits per heavy atom. The molecule has 0 spiro atoms. The molecule has 0 saturated carbocycles. The number of rotatable bonds is 2. The van der Waals surface area contributed by atoms with Gasteiger partial charge in [0.25, 0.3) is 0 Å². The Balaban J connectivity index is -0.0000000320. The Kier molecular flexibility index (Phi) is 16.9. The van der Waals surface area contributed by atoms with Crippen molar-refractivity contribution in [3.05, 3.63) is 0 Å². The van der Waals surface area contributed by atoms with Gasteiger partial charge in [-0.15, -0.1) is 0 Å². The van der Waals surface area contributed by atoms with Crippen LogP contribution in [0.5, 0.6) is 0 Å². The van der Waals surface area contributed by atoms with E-state index in [0.29, 0.717) is 0 Å². The molecule has 0 heterocycles. The third kappa shape index (κ3) is 22.8. The zero-order chi connectivity index (χ0) is 7.71. The Morgan fingerprint density at radius 3 is 1.08 bits per heavy atom. The van der Waals surface area contributed by atoms with Crippen LogP contribution in [-0.4, -0.2) is 25.0 Å². The molecule has 12 heteroatoms. The molecule has 0 radical (unpaired) electrons. The van der Waals surface area contributed by atoms with Crippen LogP contribution in [0.3, 0.4) is 0 Å². The van der Waals surface area contributed by atoms with Gasteiger partial charge in [-0.1, -0.05) is 0 Å². The van der Waals surface area contributed by atoms with E-state index in [0.717, 1.165) is 0 Å². The molecule has 0 aliphatic carbocycles. The van der Waals surface area contributed by atoms with E-state index in [-0.39, 0.29) is 67.4 Å². The molecular weight excluding hydrogens is 236 g/mol. The van der Waals surface area contributed by atoms with Crippen LogP contribution in [0.4, 0.5) is 0 Å². The van der Waals surface area contributed by atoms with Gasteiger partial charge in [-0.25, -0.2) is 9.13 Å². The SMILES string of the molecule is O.O=P(O)(O)OP(=O)(O)O.[H-].[H-].[Na+].[Na+]. The maximum absolute atomic E-state index is 9.63. The van der Waals surface area contributed by atoms with Gasteiger partial charge in [-0.05, 0) is 0 Å². The van der Waals surface area contributed by atoms with Crippen LogP contribution in [0.2, 0.25) is 0 Å². The van der Waals surface area contributed by atoms with E-state index in [1.54, 1.807) is 0 Å². The van der Waals surface area contributed by atoms with Crippen LogP contribution in [0.15, 0.2) is 0 Å². The van der Waals surface area contributed by atoms with Crippen LogP contribution in [-0.2, 0) is 13.4 Å². The first-order valence-corrected chi connectivity index (χ1v) is 4.59. The molecule has 0 unspecified atom stereocenters. The molecule has 0 aliphatic heterocycles. The minimum Gasteiger partial charge on any atom is -1.00 e. The second kappa shape index (κ2) is 8.52. The largest absolute Gasteiger partial charge is 1.00 e. The minimum absolute atomic E-state index is 0. The second-order valence-corrected chi connectivity index (χ2v) is 3.68. The van der Waals surface area contributed by atoms with Crippen LogP contribution in [0, 0.1) is 0 Å². The molecule has 0 aromatic carbocycles. The smallest absolute Gasteiger partial charge is 1.00 e. The summed E-state index contributed by atoms with van der Waals surface area (Å²) in [6, 6.07) is 0. The molecule has 0 fully saturated rings. The third-order valence-electron chi connectivity index (χ3n) is 0.213. The Labute approximate surface area is 115 Å². The first-order valence-electron chi connectivity index (χ1n) is 1.53. The van der Waals surface area contributed by atoms with E-state index in [4.69, 9.17) is 19.6 Å². The Morgan fingerprint density at radius 1 is 0.917 bits per heavy atom. The van der Waals surface area contributed by atoms with Crippen molar-refractivity contribution in [2.45, 2.75) is 0 Å². The van der Waals surface area contributed by atoms with Crippen LogP contribution < -0.4 is 59.1 Å². The predicted octanol–water partition coefficient (Wildman–Crippen LogP) is -7.40. The van der Waals surface area contributed by atoms with E-state index in [1.807, 2.05) is 0 Å². The van der Waals surface area contributed by atoms with Crippen molar-refractivity contribution < 1.29 is 100 Å². The summed E-state index contributed by atoms with van der Waals surface area (Å²) < 4.78 is 22.2. The maximum atomic E-state index is 9.63. The fraction of sp³-hybridized carbons (Fsp3) is 0. The zero-order valence-electron chi connectivity index (χ0n) is 8.41. The molecule has 0 atom stereocenters. The fourth-order valence-electron chi connectivity index (χ4n) is 0.139. The molecule has 0 aromatic heterocycles. The van der Waals surface area contributed by atoms with Gasteiger partial charge in [0.15, 0.2) is 0 Å². The molecule has 0 amide bonds. The first-order chi connectivity index (χ1) is 3.71. The summed E-state index contributed by atoms with van der Waals surface area (Å²) >= 11 is 0. The van der Waals surface area contributed by atoms with Gasteiger partial charge < -0.3 is 27.9 Å². The zero-order valence-corrected chi connectivity index (χ0v) is 12.2. The monoisotopic (exact) mass is 244 g/mol. The fourth-order valence-corrected chi connectivity index (χ4v) is 1.25. The standard InChI is InChI=1S/2Na.H4O7P2.H2O.2H/c;;1-8(2,3)7-9(4,5)6;;;/h;;(H2,1,2,3)(H2,4,5,6);1H2;;/q2*+1;;;2*-1. The van der Waals surface area contributed by atoms with Gasteiger partial charge >= 0.3 is 74.8 Å². The van der Waals surface area contributed by atoms with E-state index >= 15 is 0 Å². The molecule has 0 aromatic rings. The van der Waals surface area contributed by atoms with E-state index in [9.17, 15) is 9.13 Å². The Bertz CT molecular complexity index is 164. The summed E-state index contributed by atoms with van der Waals surface area (Å²) in [4.78, 5) is 31.0. The molecule has 6 N–H and O–H groups in total. The summed E-state index contributed by atoms with van der Waals surface area (Å²) in [6.45, 7) is 0. The van der Waals surface area contributed by atoms with Crippen LogP contribution in [0.1, 0.15) is 2.85 Å². The predicted molar refractivity (Wildman–Crippen MR) is 31.0 cm³/mol. The second-order valence-electron chi connectivity index (χ2n) is 1.06. The summed E-state index contributed by atoms with van der Waals surface area (Å²) in [5, 5.41) is 0. The molecule has 68 valence electrons. The molecule has 0 aliphatic rings. The van der Waals surface area contributed by atoms with Crippen molar-refractivity contribution in [2.75, 3.05) is 0 Å². The molecule has 0 bridgehead atoms. The van der Waals surface area contributed by atoms with Gasteiger partial charge in [0, 0.05) is 0 Å². The first kappa shape index (κ1) is 23.8. The summed E-state index contributed by atoms with van der Waals surface area (Å²) in [6.07, 6.45) is 0. The number of hydrogen-bond donors (Lipinski definition) is 4. The maximum Gasteiger partial charge on any atom is 1.00 e. The van der Waals surface area contributed by atoms with Crippen molar-refractivity contribution in [3.63, 3.8) is 0 Å². The van der Waals surface area contributed by atoms with Gasteiger partial charge in [0.2, 0.25) is 0 Å². The molecule has 8 nitrogen and oxygen atoms in total. The molecular formula is H8Na2O8P2. The average molecular weight is 244 g/mol. The van der Waals surface area contributed by atoms with Crippen LogP contribution >= 0.6 is 15.6 Å². The molecule has 12 heavy (non-hydrogen) atoms. The third-order valence-corrected chi connectivity index (χ3v) is 1.91. The van der Waals surface area contributed by atoms with Gasteiger partial charge in [0.05, 0.1) is 0 Å². The Hall–Kier alpha value is 2.22. The topological polar surface area (TPSA) is 156 Å². The quantitative estimate of drug-likeness (QED) is 0.277. The number of hydrogen-bond acceptors (Lipinski definition) is 3. The van der Waals surface area contributed by atoms with Crippen molar-refractivity contribution in [1.29, 1.82) is 0 Å². The summed E-state index contributed by atoms with van der Waals surface area (Å²) in [5.41, 5.74) is 0. The van der Waals surface area contributed by atoms with Crippen molar-refractivity contribution in [2.24, 2.45) is 0 Å². The minimum atomic E-state index is -5.05. The van der Waals surface area contributed by atoms with E-state index in [2.05, 4.69) is 4.31 Å². The number of phosphoric acid groups is 2. The molecule has 0 saturated heterocycles. The average Bonchev–Trinajstić information content (AvgIpc) is 1.14. The normalized spacial score (nSPS) is 10.3. The molecule has 0 rings (SSSR count). The van der Waals surface area contributed by atoms with Gasteiger partial charge in [-0.2, -0.15) is 4.31 Å². The van der Waals surface area contributed by atoms with Crippen molar-refractivity contribution >= 4 is 15.6 Å². The summed E-state index contributed by atoms with van der Waals surface area (Å²) in [7, 11) is -10.1. The van der Waals surface area contributed by atoms with Crippen molar-refractivity contribution in [1.82, 2.24) is 0 Å². The summed E-state index contributed by atoms with van der Waals surface area (Å²) in [5.74, 6) is 0. The van der Waals surface area contributed by atoms with E-state index in [1.165, 1.54) is 0 Å². The van der Waals surface area contributed by atoms with Crippen LogP contribution in [0.25, 0.3) is 0 Å². The van der Waals surface area contributed by atoms with Gasteiger partial charge in [-0.3, -0.25) is 0 Å².